The Balaban J connectivity index is 3.09. The third kappa shape index (κ3) is 3.92. The normalized spacial score (nSPS) is 11.7. The highest BCUT2D eigenvalue weighted by atomic mass is 79.9. The molecule has 19 heavy (non-hydrogen) atoms. The van der Waals surface area contributed by atoms with Crippen molar-refractivity contribution in [1.82, 2.24) is 4.90 Å². The number of nitrogens with two attached hydrogens (primary N) is 1. The van der Waals surface area contributed by atoms with E-state index in [2.05, 4.69) is 21.1 Å². The zero-order chi connectivity index (χ0) is 14.6. The summed E-state index contributed by atoms with van der Waals surface area (Å²) in [5, 5.41) is 11.4. The van der Waals surface area contributed by atoms with Crippen molar-refractivity contribution in [2.75, 3.05) is 6.54 Å². The van der Waals surface area contributed by atoms with Crippen molar-refractivity contribution in [3.63, 3.8) is 0 Å². The van der Waals surface area contributed by atoms with Gasteiger partial charge in [0.1, 0.15) is 5.82 Å². The topological polar surface area (TPSA) is 78.9 Å². The predicted octanol–water partition coefficient (Wildman–Crippen LogP) is 2.19. The van der Waals surface area contributed by atoms with Crippen LogP contribution >= 0.6 is 15.9 Å². The number of carbonyl (C=O) groups excluding carboxylic acids is 1. The first-order valence-corrected chi connectivity index (χ1v) is 6.38. The molecule has 0 aromatic heterocycles. The van der Waals surface area contributed by atoms with Gasteiger partial charge in [0.2, 0.25) is 0 Å². The monoisotopic (exact) mass is 331 g/mol. The number of carbonyl (C=O) groups is 1. The number of oxime groups is 1. The molecule has 3 N–H and O–H groups in total. The van der Waals surface area contributed by atoms with Crippen molar-refractivity contribution in [1.29, 1.82) is 0 Å². The van der Waals surface area contributed by atoms with Gasteiger partial charge in [-0.1, -0.05) is 5.16 Å². The van der Waals surface area contributed by atoms with Gasteiger partial charge in [-0.25, -0.2) is 4.39 Å². The van der Waals surface area contributed by atoms with Gasteiger partial charge in [0.25, 0.3) is 5.91 Å². The van der Waals surface area contributed by atoms with Crippen LogP contribution in [0.1, 0.15) is 24.2 Å². The van der Waals surface area contributed by atoms with E-state index < -0.39 is 11.7 Å². The van der Waals surface area contributed by atoms with Crippen LogP contribution in [-0.4, -0.2) is 34.4 Å². The molecule has 0 bridgehead atoms. The van der Waals surface area contributed by atoms with Crippen LogP contribution in [0.4, 0.5) is 4.39 Å². The van der Waals surface area contributed by atoms with E-state index in [0.29, 0.717) is 4.47 Å². The highest BCUT2D eigenvalue weighted by molar-refractivity contribution is 9.10. The van der Waals surface area contributed by atoms with Gasteiger partial charge in [-0.2, -0.15) is 0 Å². The molecule has 0 spiro atoms. The molecule has 1 amide bonds. The average Bonchev–Trinajstić information content (AvgIpc) is 2.37. The highest BCUT2D eigenvalue weighted by Gasteiger charge is 2.22. The molecule has 1 rings (SSSR count). The summed E-state index contributed by atoms with van der Waals surface area (Å²) in [6, 6.07) is 3.69. The number of halogens is 2. The van der Waals surface area contributed by atoms with Crippen LogP contribution in [0.3, 0.4) is 0 Å². The van der Waals surface area contributed by atoms with Crippen molar-refractivity contribution < 1.29 is 14.4 Å². The first kappa shape index (κ1) is 15.4. The molecule has 1 aromatic carbocycles. The van der Waals surface area contributed by atoms with Gasteiger partial charge >= 0.3 is 0 Å². The largest absolute Gasteiger partial charge is 0.409 e. The summed E-state index contributed by atoms with van der Waals surface area (Å²) in [6.45, 7) is 3.54. The smallest absolute Gasteiger partial charge is 0.255 e. The SMILES string of the molecule is CC(C)N(CC(N)=NO)C(=O)c1cc(F)ccc1Br. The number of hydrogen-bond donors (Lipinski definition) is 2. The molecule has 1 aromatic rings. The molecule has 0 aliphatic rings. The predicted molar refractivity (Wildman–Crippen MR) is 73.7 cm³/mol. The Hall–Kier alpha value is -1.63. The van der Waals surface area contributed by atoms with Gasteiger partial charge in [-0.05, 0) is 48.0 Å². The Morgan fingerprint density at radius 3 is 2.74 bits per heavy atom. The summed E-state index contributed by atoms with van der Waals surface area (Å²) >= 11 is 3.21. The minimum atomic E-state index is -0.501. The van der Waals surface area contributed by atoms with E-state index in [0.717, 1.165) is 6.07 Å². The maximum absolute atomic E-state index is 13.2. The molecular formula is C12H15BrFN3O2. The van der Waals surface area contributed by atoms with Crippen LogP contribution in [-0.2, 0) is 0 Å². The van der Waals surface area contributed by atoms with Crippen molar-refractivity contribution in [3.8, 4) is 0 Å². The van der Waals surface area contributed by atoms with E-state index >= 15 is 0 Å². The number of amides is 1. The van der Waals surface area contributed by atoms with E-state index in [9.17, 15) is 9.18 Å². The van der Waals surface area contributed by atoms with Gasteiger partial charge in [0, 0.05) is 10.5 Å². The summed E-state index contributed by atoms with van der Waals surface area (Å²) in [7, 11) is 0. The van der Waals surface area contributed by atoms with Gasteiger partial charge in [0.05, 0.1) is 12.1 Å². The molecule has 0 saturated heterocycles. The zero-order valence-electron chi connectivity index (χ0n) is 10.6. The molecule has 7 heteroatoms. The number of hydrogen-bond acceptors (Lipinski definition) is 3. The zero-order valence-corrected chi connectivity index (χ0v) is 12.2. The lowest BCUT2D eigenvalue weighted by Gasteiger charge is -2.26. The standard InChI is InChI=1S/C12H15BrFN3O2/c1-7(2)17(6-11(15)16-19)12(18)9-5-8(14)3-4-10(9)13/h3-5,7,19H,6H2,1-2H3,(H2,15,16). The van der Waals surface area contributed by atoms with Crippen LogP contribution in [0.2, 0.25) is 0 Å². The van der Waals surface area contributed by atoms with Crippen LogP contribution in [0.25, 0.3) is 0 Å². The van der Waals surface area contributed by atoms with E-state index in [1.165, 1.54) is 17.0 Å². The molecule has 0 atom stereocenters. The Morgan fingerprint density at radius 2 is 2.21 bits per heavy atom. The lowest BCUT2D eigenvalue weighted by atomic mass is 10.1. The van der Waals surface area contributed by atoms with E-state index in [-0.39, 0.29) is 24.0 Å². The van der Waals surface area contributed by atoms with Crippen LogP contribution in [0.5, 0.6) is 0 Å². The van der Waals surface area contributed by atoms with Crippen LogP contribution in [0, 0.1) is 5.82 Å². The second-order valence-electron chi connectivity index (χ2n) is 4.24. The third-order valence-corrected chi connectivity index (χ3v) is 3.20. The lowest BCUT2D eigenvalue weighted by molar-refractivity contribution is 0.0732. The molecule has 5 nitrogen and oxygen atoms in total. The Bertz CT molecular complexity index is 506. The first-order chi connectivity index (χ1) is 8.86. The van der Waals surface area contributed by atoms with E-state index in [1.807, 2.05) is 0 Å². The summed E-state index contributed by atoms with van der Waals surface area (Å²) in [4.78, 5) is 13.7. The molecule has 104 valence electrons. The molecular weight excluding hydrogens is 317 g/mol. The summed E-state index contributed by atoms with van der Waals surface area (Å²) in [6.07, 6.45) is 0. The second kappa shape index (κ2) is 6.51. The fourth-order valence-electron chi connectivity index (χ4n) is 1.51. The number of benzene rings is 1. The molecule has 0 radical (unpaired) electrons. The van der Waals surface area contributed by atoms with Crippen molar-refractivity contribution in [2.45, 2.75) is 19.9 Å². The molecule has 0 aliphatic carbocycles. The van der Waals surface area contributed by atoms with Crippen LogP contribution < -0.4 is 5.73 Å². The van der Waals surface area contributed by atoms with Gasteiger partial charge in [-0.3, -0.25) is 4.79 Å². The summed E-state index contributed by atoms with van der Waals surface area (Å²) in [5.74, 6) is -0.985. The molecule has 0 fully saturated rings. The Morgan fingerprint density at radius 1 is 1.58 bits per heavy atom. The van der Waals surface area contributed by atoms with Crippen molar-refractivity contribution >= 4 is 27.7 Å². The quantitative estimate of drug-likeness (QED) is 0.384. The highest BCUT2D eigenvalue weighted by Crippen LogP contribution is 2.20. The summed E-state index contributed by atoms with van der Waals surface area (Å²) < 4.78 is 13.7. The average molecular weight is 332 g/mol. The minimum absolute atomic E-state index is 0.0318. The van der Waals surface area contributed by atoms with E-state index in [4.69, 9.17) is 10.9 Å². The third-order valence-electron chi connectivity index (χ3n) is 2.50. The minimum Gasteiger partial charge on any atom is -0.409 e. The Kier molecular flexibility index (Phi) is 5.29. The van der Waals surface area contributed by atoms with Gasteiger partial charge in [-0.15, -0.1) is 0 Å². The number of rotatable bonds is 4. The fourth-order valence-corrected chi connectivity index (χ4v) is 1.93. The van der Waals surface area contributed by atoms with Gasteiger partial charge < -0.3 is 15.8 Å². The molecule has 0 heterocycles. The van der Waals surface area contributed by atoms with Crippen LogP contribution in [0.15, 0.2) is 27.8 Å². The maximum atomic E-state index is 13.2. The number of amidine groups is 1. The van der Waals surface area contributed by atoms with Gasteiger partial charge in [0.15, 0.2) is 5.84 Å². The van der Waals surface area contributed by atoms with Crippen molar-refractivity contribution in [2.24, 2.45) is 10.9 Å². The van der Waals surface area contributed by atoms with Crippen molar-refractivity contribution in [3.05, 3.63) is 34.1 Å². The fraction of sp³-hybridized carbons (Fsp3) is 0.333. The molecule has 0 saturated carbocycles. The maximum Gasteiger partial charge on any atom is 0.255 e. The van der Waals surface area contributed by atoms with E-state index in [1.54, 1.807) is 13.8 Å². The second-order valence-corrected chi connectivity index (χ2v) is 5.10. The lowest BCUT2D eigenvalue weighted by Crippen LogP contribution is -2.43. The molecule has 0 aliphatic heterocycles. The summed E-state index contributed by atoms with van der Waals surface area (Å²) in [5.41, 5.74) is 5.61. The Labute approximate surface area is 119 Å². The molecule has 0 unspecified atom stereocenters. The first-order valence-electron chi connectivity index (χ1n) is 5.59. The number of nitrogens with zero attached hydrogens (tertiary/aromatic N) is 2.